The normalized spacial score (nSPS) is 21.5. The first kappa shape index (κ1) is 14.6. The van der Waals surface area contributed by atoms with Gasteiger partial charge >= 0.3 is 0 Å². The molecule has 0 nitrogen and oxygen atoms in total. The van der Waals surface area contributed by atoms with Gasteiger partial charge < -0.3 is 0 Å². The van der Waals surface area contributed by atoms with E-state index in [0.29, 0.717) is 0 Å². The molecule has 2 saturated carbocycles. The fourth-order valence-corrected chi connectivity index (χ4v) is 3.63. The van der Waals surface area contributed by atoms with Crippen LogP contribution in [-0.4, -0.2) is 0 Å². The molecule has 0 aliphatic heterocycles. The van der Waals surface area contributed by atoms with Gasteiger partial charge in [-0.15, -0.1) is 0 Å². The van der Waals surface area contributed by atoms with E-state index in [2.05, 4.69) is 0 Å². The summed E-state index contributed by atoms with van der Waals surface area (Å²) >= 11 is 0. The van der Waals surface area contributed by atoms with Gasteiger partial charge in [-0.3, -0.25) is 0 Å². The summed E-state index contributed by atoms with van der Waals surface area (Å²) in [7, 11) is 0. The van der Waals surface area contributed by atoms with Gasteiger partial charge in [0.2, 0.25) is 0 Å². The summed E-state index contributed by atoms with van der Waals surface area (Å²) in [6.07, 6.45) is 15.4. The van der Waals surface area contributed by atoms with Gasteiger partial charge in [-0.2, -0.15) is 0 Å². The lowest BCUT2D eigenvalue weighted by Crippen LogP contribution is -2.20. The van der Waals surface area contributed by atoms with E-state index in [0.717, 1.165) is 11.8 Å². The summed E-state index contributed by atoms with van der Waals surface area (Å²) in [6, 6.07) is 7.94. The Morgan fingerprint density at radius 3 is 1.37 bits per heavy atom. The first-order chi connectivity index (χ1) is 9.36. The molecule has 106 valence electrons. The van der Waals surface area contributed by atoms with E-state index in [1.807, 2.05) is 0 Å². The maximum absolute atomic E-state index is 11.9. The van der Waals surface area contributed by atoms with Crippen molar-refractivity contribution in [2.24, 2.45) is 11.8 Å². The van der Waals surface area contributed by atoms with Crippen LogP contribution in [0.2, 0.25) is 0 Å². The number of hydrogen-bond donors (Lipinski definition) is 0. The predicted molar refractivity (Wildman–Crippen MR) is 79.6 cm³/mol. The second-order valence-corrected chi connectivity index (χ2v) is 6.09. The molecule has 0 saturated heterocycles. The number of rotatable bonds is 1. The summed E-state index contributed by atoms with van der Waals surface area (Å²) in [5, 5.41) is 0. The van der Waals surface area contributed by atoms with E-state index in [9.17, 15) is 4.39 Å². The minimum absolute atomic E-state index is 0.178. The van der Waals surface area contributed by atoms with Gasteiger partial charge in [0.25, 0.3) is 0 Å². The Hall–Kier alpha value is -0.850. The Labute approximate surface area is 117 Å². The molecular weight excluding hydrogens is 235 g/mol. The van der Waals surface area contributed by atoms with Crippen LogP contribution >= 0.6 is 0 Å². The average Bonchev–Trinajstić information content (AvgIpc) is 2.51. The maximum Gasteiger partial charge on any atom is 0.123 e. The highest BCUT2D eigenvalue weighted by molar-refractivity contribution is 5.02. The maximum atomic E-state index is 11.9. The highest BCUT2D eigenvalue weighted by Crippen LogP contribution is 2.37. The molecule has 2 aliphatic rings. The standard InChI is InChI=1S/C12H22.C6H5F/c1-3-7-11(8-4-1)12-9-5-2-6-10-12;7-6-4-2-1-3-5-6/h11-12H,1-10H2;1-5H. The third-order valence-electron chi connectivity index (χ3n) is 4.70. The Kier molecular flexibility index (Phi) is 6.39. The zero-order valence-electron chi connectivity index (χ0n) is 12.0. The highest BCUT2D eigenvalue weighted by atomic mass is 19.1. The fraction of sp³-hybridized carbons (Fsp3) is 0.667. The van der Waals surface area contributed by atoms with E-state index >= 15 is 0 Å². The summed E-state index contributed by atoms with van der Waals surface area (Å²) in [6.45, 7) is 0. The second-order valence-electron chi connectivity index (χ2n) is 6.09. The van der Waals surface area contributed by atoms with Gasteiger partial charge in [0.15, 0.2) is 0 Å². The van der Waals surface area contributed by atoms with E-state index < -0.39 is 0 Å². The lowest BCUT2D eigenvalue weighted by molar-refractivity contribution is 0.196. The van der Waals surface area contributed by atoms with Gasteiger partial charge in [0.1, 0.15) is 5.82 Å². The van der Waals surface area contributed by atoms with Crippen LogP contribution in [0.4, 0.5) is 4.39 Å². The lowest BCUT2D eigenvalue weighted by Gasteiger charge is -2.32. The van der Waals surface area contributed by atoms with Crippen molar-refractivity contribution < 1.29 is 4.39 Å². The summed E-state index contributed by atoms with van der Waals surface area (Å²) in [5.41, 5.74) is 0. The van der Waals surface area contributed by atoms with Crippen LogP contribution in [0.5, 0.6) is 0 Å². The monoisotopic (exact) mass is 262 g/mol. The minimum atomic E-state index is -0.178. The van der Waals surface area contributed by atoms with Crippen LogP contribution in [0.25, 0.3) is 0 Å². The topological polar surface area (TPSA) is 0 Å². The fourth-order valence-electron chi connectivity index (χ4n) is 3.63. The molecule has 0 N–H and O–H groups in total. The molecule has 1 heteroatoms. The van der Waals surface area contributed by atoms with Crippen molar-refractivity contribution in [2.75, 3.05) is 0 Å². The Balaban J connectivity index is 0.000000163. The van der Waals surface area contributed by atoms with E-state index in [-0.39, 0.29) is 5.82 Å². The van der Waals surface area contributed by atoms with Crippen molar-refractivity contribution in [3.63, 3.8) is 0 Å². The van der Waals surface area contributed by atoms with E-state index in [4.69, 9.17) is 0 Å². The van der Waals surface area contributed by atoms with Gasteiger partial charge in [-0.1, -0.05) is 82.4 Å². The van der Waals surface area contributed by atoms with Crippen molar-refractivity contribution in [3.05, 3.63) is 36.1 Å². The molecule has 3 rings (SSSR count). The van der Waals surface area contributed by atoms with E-state index in [1.54, 1.807) is 43.9 Å². The van der Waals surface area contributed by atoms with Crippen LogP contribution in [-0.2, 0) is 0 Å². The quantitative estimate of drug-likeness (QED) is 0.584. The van der Waals surface area contributed by atoms with Crippen molar-refractivity contribution in [1.29, 1.82) is 0 Å². The van der Waals surface area contributed by atoms with Gasteiger partial charge in [0, 0.05) is 0 Å². The van der Waals surface area contributed by atoms with Crippen molar-refractivity contribution in [3.8, 4) is 0 Å². The smallest absolute Gasteiger partial charge is 0.123 e. The Morgan fingerprint density at radius 2 is 1.05 bits per heavy atom. The predicted octanol–water partition coefficient (Wildman–Crippen LogP) is 5.97. The van der Waals surface area contributed by atoms with Crippen LogP contribution in [0, 0.1) is 17.7 Å². The molecule has 0 spiro atoms. The van der Waals surface area contributed by atoms with Crippen LogP contribution in [0.1, 0.15) is 64.2 Å². The third-order valence-corrected chi connectivity index (χ3v) is 4.70. The lowest BCUT2D eigenvalue weighted by atomic mass is 9.73. The molecule has 19 heavy (non-hydrogen) atoms. The number of halogens is 1. The molecule has 0 aromatic heterocycles. The molecule has 2 aliphatic carbocycles. The molecule has 0 radical (unpaired) electrons. The molecule has 0 heterocycles. The van der Waals surface area contributed by atoms with Crippen LogP contribution in [0.15, 0.2) is 30.3 Å². The number of hydrogen-bond acceptors (Lipinski definition) is 0. The molecule has 0 bridgehead atoms. The van der Waals surface area contributed by atoms with E-state index in [1.165, 1.54) is 50.7 Å². The highest BCUT2D eigenvalue weighted by Gasteiger charge is 2.24. The van der Waals surface area contributed by atoms with Gasteiger partial charge in [-0.05, 0) is 24.0 Å². The average molecular weight is 262 g/mol. The van der Waals surface area contributed by atoms with Crippen molar-refractivity contribution in [2.45, 2.75) is 64.2 Å². The second kappa shape index (κ2) is 8.35. The summed E-state index contributed by atoms with van der Waals surface area (Å²) in [5.74, 6) is 2.10. The zero-order chi connectivity index (χ0) is 13.3. The molecule has 0 amide bonds. The molecular formula is C18H27F. The Morgan fingerprint density at radius 1 is 0.632 bits per heavy atom. The first-order valence-corrected chi connectivity index (χ1v) is 8.07. The molecule has 1 aromatic rings. The van der Waals surface area contributed by atoms with Crippen LogP contribution in [0.3, 0.4) is 0 Å². The van der Waals surface area contributed by atoms with Crippen molar-refractivity contribution >= 4 is 0 Å². The minimum Gasteiger partial charge on any atom is -0.207 e. The van der Waals surface area contributed by atoms with Crippen molar-refractivity contribution in [1.82, 2.24) is 0 Å². The molecule has 2 fully saturated rings. The zero-order valence-corrected chi connectivity index (χ0v) is 12.0. The van der Waals surface area contributed by atoms with Crippen LogP contribution < -0.4 is 0 Å². The summed E-state index contributed by atoms with van der Waals surface area (Å²) < 4.78 is 11.9. The Bertz CT molecular complexity index is 305. The number of benzene rings is 1. The first-order valence-electron chi connectivity index (χ1n) is 8.07. The third kappa shape index (κ3) is 5.34. The SMILES string of the molecule is C1CCC(C2CCCCC2)CC1.Fc1ccccc1. The summed E-state index contributed by atoms with van der Waals surface area (Å²) in [4.78, 5) is 0. The molecule has 0 atom stereocenters. The molecule has 1 aromatic carbocycles. The van der Waals surface area contributed by atoms with Gasteiger partial charge in [-0.25, -0.2) is 4.39 Å². The van der Waals surface area contributed by atoms with Gasteiger partial charge in [0.05, 0.1) is 0 Å². The largest absolute Gasteiger partial charge is 0.207 e. The molecule has 0 unspecified atom stereocenters.